The maximum absolute atomic E-state index is 13.2. The van der Waals surface area contributed by atoms with Gasteiger partial charge in [0.1, 0.15) is 5.75 Å². The molecule has 2 N–H and O–H groups in total. The molecule has 26 heavy (non-hydrogen) atoms. The molecule has 0 aliphatic heterocycles. The predicted octanol–water partition coefficient (Wildman–Crippen LogP) is 3.76. The first-order valence-electron chi connectivity index (χ1n) is 7.57. The molecule has 0 bridgehead atoms. The Hall–Kier alpha value is -3.55. The van der Waals surface area contributed by atoms with Gasteiger partial charge >= 0.3 is 0 Å². The molecule has 3 rings (SSSR count). The molecule has 0 saturated heterocycles. The van der Waals surface area contributed by atoms with Crippen molar-refractivity contribution >= 4 is 23.1 Å². The van der Waals surface area contributed by atoms with Gasteiger partial charge in [-0.2, -0.15) is 0 Å². The van der Waals surface area contributed by atoms with Crippen LogP contribution in [0.2, 0.25) is 0 Å². The Kier molecular flexibility index (Phi) is 5.02. The van der Waals surface area contributed by atoms with E-state index in [4.69, 9.17) is 4.74 Å². The summed E-state index contributed by atoms with van der Waals surface area (Å²) in [7, 11) is 1.55. The molecule has 1 heterocycles. The van der Waals surface area contributed by atoms with E-state index in [0.717, 1.165) is 12.1 Å². The highest BCUT2D eigenvalue weighted by molar-refractivity contribution is 6.02. The summed E-state index contributed by atoms with van der Waals surface area (Å²) in [5, 5.41) is 13.2. The summed E-state index contributed by atoms with van der Waals surface area (Å²) in [4.78, 5) is 12.1. The third-order valence-corrected chi connectivity index (χ3v) is 3.44. The molecule has 0 aliphatic rings. The van der Waals surface area contributed by atoms with Gasteiger partial charge in [0.25, 0.3) is 5.91 Å². The number of hydrogen-bond donors (Lipinski definition) is 2. The zero-order valence-corrected chi connectivity index (χ0v) is 13.7. The summed E-state index contributed by atoms with van der Waals surface area (Å²) in [5.74, 6) is -1.58. The number of rotatable bonds is 5. The Morgan fingerprint density at radius 3 is 2.50 bits per heavy atom. The molecule has 8 heteroatoms. The van der Waals surface area contributed by atoms with Gasteiger partial charge in [-0.1, -0.05) is 12.1 Å². The summed E-state index contributed by atoms with van der Waals surface area (Å²) in [6, 6.07) is 13.4. The quantitative estimate of drug-likeness (QED) is 0.728. The number of carbonyl (C=O) groups excluding carboxylic acids is 1. The number of carbonyl (C=O) groups is 1. The molecule has 1 amide bonds. The lowest BCUT2D eigenvalue weighted by Crippen LogP contribution is -2.14. The van der Waals surface area contributed by atoms with E-state index in [1.54, 1.807) is 19.2 Å². The van der Waals surface area contributed by atoms with Crippen molar-refractivity contribution in [2.24, 2.45) is 0 Å². The molecule has 132 valence electrons. The van der Waals surface area contributed by atoms with Gasteiger partial charge in [-0.3, -0.25) is 4.79 Å². The first-order valence-corrected chi connectivity index (χ1v) is 7.57. The van der Waals surface area contributed by atoms with Crippen molar-refractivity contribution in [2.75, 3.05) is 17.7 Å². The largest absolute Gasteiger partial charge is 0.495 e. The third kappa shape index (κ3) is 3.92. The smallest absolute Gasteiger partial charge is 0.276 e. The fraction of sp³-hybridized carbons (Fsp3) is 0.0556. The number of halogens is 2. The number of para-hydroxylation sites is 2. The van der Waals surface area contributed by atoms with Gasteiger partial charge in [0, 0.05) is 11.8 Å². The highest BCUT2D eigenvalue weighted by atomic mass is 19.2. The third-order valence-electron chi connectivity index (χ3n) is 3.44. The Balaban J connectivity index is 1.70. The number of ether oxygens (including phenoxy) is 1. The first-order chi connectivity index (χ1) is 12.6. The minimum absolute atomic E-state index is 0.0281. The van der Waals surface area contributed by atoms with E-state index in [9.17, 15) is 13.6 Å². The van der Waals surface area contributed by atoms with Crippen LogP contribution < -0.4 is 15.4 Å². The van der Waals surface area contributed by atoms with E-state index in [1.807, 2.05) is 18.2 Å². The number of methoxy groups -OCH3 is 1. The average Bonchev–Trinajstić information content (AvgIpc) is 2.66. The first kappa shape index (κ1) is 17.3. The van der Waals surface area contributed by atoms with Crippen LogP contribution in [0.3, 0.4) is 0 Å². The fourth-order valence-electron chi connectivity index (χ4n) is 2.17. The average molecular weight is 356 g/mol. The molecule has 2 aromatic carbocycles. The van der Waals surface area contributed by atoms with E-state index in [2.05, 4.69) is 20.8 Å². The molecule has 6 nitrogen and oxygen atoms in total. The Morgan fingerprint density at radius 1 is 1.00 bits per heavy atom. The molecule has 0 radical (unpaired) electrons. The maximum Gasteiger partial charge on any atom is 0.276 e. The van der Waals surface area contributed by atoms with Crippen LogP contribution in [0.1, 0.15) is 10.5 Å². The predicted molar refractivity (Wildman–Crippen MR) is 92.6 cm³/mol. The van der Waals surface area contributed by atoms with Crippen molar-refractivity contribution in [3.05, 3.63) is 71.9 Å². The van der Waals surface area contributed by atoms with Crippen LogP contribution in [0.15, 0.2) is 54.6 Å². The van der Waals surface area contributed by atoms with Gasteiger partial charge in [0.05, 0.1) is 12.8 Å². The van der Waals surface area contributed by atoms with Crippen molar-refractivity contribution in [2.45, 2.75) is 0 Å². The molecule has 1 aromatic heterocycles. The van der Waals surface area contributed by atoms with Gasteiger partial charge < -0.3 is 15.4 Å². The van der Waals surface area contributed by atoms with Crippen LogP contribution in [0.5, 0.6) is 5.75 Å². The van der Waals surface area contributed by atoms with Crippen LogP contribution in [0.4, 0.5) is 26.0 Å². The fourth-order valence-corrected chi connectivity index (χ4v) is 2.17. The monoisotopic (exact) mass is 356 g/mol. The Morgan fingerprint density at radius 2 is 1.81 bits per heavy atom. The lowest BCUT2D eigenvalue weighted by Gasteiger charge is -2.10. The number of anilines is 3. The second kappa shape index (κ2) is 7.56. The molecular weight excluding hydrogens is 342 g/mol. The van der Waals surface area contributed by atoms with Crippen molar-refractivity contribution in [3.63, 3.8) is 0 Å². The van der Waals surface area contributed by atoms with Crippen LogP contribution in [0, 0.1) is 11.6 Å². The van der Waals surface area contributed by atoms with Gasteiger partial charge in [-0.25, -0.2) is 8.78 Å². The second-order valence-corrected chi connectivity index (χ2v) is 5.21. The molecule has 3 aromatic rings. The minimum atomic E-state index is -1.05. The number of nitrogens with one attached hydrogen (secondary N) is 2. The summed E-state index contributed by atoms with van der Waals surface area (Å²) in [5.41, 5.74) is 0.843. The number of nitrogens with zero attached hydrogens (tertiary/aromatic N) is 2. The van der Waals surface area contributed by atoms with Gasteiger partial charge in [0.15, 0.2) is 23.1 Å². The van der Waals surface area contributed by atoms with Crippen LogP contribution in [-0.2, 0) is 0 Å². The lowest BCUT2D eigenvalue weighted by molar-refractivity contribution is 0.102. The molecule has 0 unspecified atom stereocenters. The van der Waals surface area contributed by atoms with Crippen molar-refractivity contribution in [1.29, 1.82) is 0 Å². The molecule has 0 aliphatic carbocycles. The molecule has 0 fully saturated rings. The molecular formula is C18H14F2N4O2. The summed E-state index contributed by atoms with van der Waals surface area (Å²) < 4.78 is 31.3. The van der Waals surface area contributed by atoms with Crippen LogP contribution in [0.25, 0.3) is 0 Å². The highest BCUT2D eigenvalue weighted by Crippen LogP contribution is 2.25. The molecule has 0 atom stereocenters. The number of aromatic nitrogens is 2. The van der Waals surface area contributed by atoms with Crippen molar-refractivity contribution in [3.8, 4) is 5.75 Å². The van der Waals surface area contributed by atoms with Gasteiger partial charge in [-0.05, 0) is 36.4 Å². The van der Waals surface area contributed by atoms with Gasteiger partial charge in [-0.15, -0.1) is 10.2 Å². The van der Waals surface area contributed by atoms with Crippen LogP contribution >= 0.6 is 0 Å². The van der Waals surface area contributed by atoms with E-state index in [-0.39, 0.29) is 11.4 Å². The number of amides is 1. The van der Waals surface area contributed by atoms with E-state index in [1.165, 1.54) is 12.1 Å². The van der Waals surface area contributed by atoms with Gasteiger partial charge in [0.2, 0.25) is 0 Å². The summed E-state index contributed by atoms with van der Waals surface area (Å²) >= 11 is 0. The second-order valence-electron chi connectivity index (χ2n) is 5.21. The number of hydrogen-bond acceptors (Lipinski definition) is 5. The normalized spacial score (nSPS) is 10.3. The van der Waals surface area contributed by atoms with Crippen molar-refractivity contribution in [1.82, 2.24) is 10.2 Å². The number of benzene rings is 2. The Bertz CT molecular complexity index is 933. The van der Waals surface area contributed by atoms with E-state index >= 15 is 0 Å². The van der Waals surface area contributed by atoms with Crippen LogP contribution in [-0.4, -0.2) is 23.2 Å². The summed E-state index contributed by atoms with van der Waals surface area (Å²) in [6.45, 7) is 0. The standard InChI is InChI=1S/C18H14F2N4O2/c1-26-16-5-3-2-4-14(16)22-17-9-8-15(23-24-17)18(25)21-11-6-7-12(19)13(20)10-11/h2-10H,1H3,(H,21,25)(H,22,24). The van der Waals surface area contributed by atoms with Crippen molar-refractivity contribution < 1.29 is 18.3 Å². The zero-order valence-electron chi connectivity index (χ0n) is 13.7. The lowest BCUT2D eigenvalue weighted by atomic mass is 10.2. The molecule has 0 spiro atoms. The minimum Gasteiger partial charge on any atom is -0.495 e. The van der Waals surface area contributed by atoms with E-state index < -0.39 is 17.5 Å². The maximum atomic E-state index is 13.2. The zero-order chi connectivity index (χ0) is 18.5. The Labute approximate surface area is 147 Å². The SMILES string of the molecule is COc1ccccc1Nc1ccc(C(=O)Nc2ccc(F)c(F)c2)nn1. The topological polar surface area (TPSA) is 76.1 Å². The molecule has 0 saturated carbocycles. The van der Waals surface area contributed by atoms with E-state index in [0.29, 0.717) is 17.3 Å². The highest BCUT2D eigenvalue weighted by Gasteiger charge is 2.11. The summed E-state index contributed by atoms with van der Waals surface area (Å²) in [6.07, 6.45) is 0.